The van der Waals surface area contributed by atoms with Gasteiger partial charge >= 0.3 is 5.97 Å². The minimum Gasteiger partial charge on any atom is -0.493 e. The Balaban J connectivity index is 2.13. The van der Waals surface area contributed by atoms with Crippen molar-refractivity contribution in [1.82, 2.24) is 0 Å². The van der Waals surface area contributed by atoms with Gasteiger partial charge in [-0.25, -0.2) is 4.79 Å². The lowest BCUT2D eigenvalue weighted by Gasteiger charge is -2.16. The van der Waals surface area contributed by atoms with Gasteiger partial charge in [0.1, 0.15) is 24.9 Å². The van der Waals surface area contributed by atoms with Crippen molar-refractivity contribution in [2.75, 3.05) is 33.5 Å². The van der Waals surface area contributed by atoms with Crippen LogP contribution >= 0.6 is 11.6 Å². The molecule has 8 heteroatoms. The molecule has 0 saturated carbocycles. The van der Waals surface area contributed by atoms with E-state index in [1.165, 1.54) is 6.08 Å². The van der Waals surface area contributed by atoms with Gasteiger partial charge in [0, 0.05) is 0 Å². The summed E-state index contributed by atoms with van der Waals surface area (Å²) in [5, 5.41) is 9.53. The summed E-state index contributed by atoms with van der Waals surface area (Å²) in [6.45, 7) is 8.20. The number of allylic oxidation sites excluding steroid dienone is 1. The Hall–Kier alpha value is -3.63. The van der Waals surface area contributed by atoms with Crippen molar-refractivity contribution in [3.63, 3.8) is 0 Å². The second kappa shape index (κ2) is 13.8. The Kier molecular flexibility index (Phi) is 10.8. The molecule has 0 bridgehead atoms. The second-order valence-corrected chi connectivity index (χ2v) is 7.24. The first-order chi connectivity index (χ1) is 16.5. The minimum absolute atomic E-state index is 0.143. The molecule has 0 atom stereocenters. The molecular weight excluding hydrogens is 458 g/mol. The smallest absolute Gasteiger partial charge is 0.348 e. The molecular formula is C26H28ClNO6. The summed E-state index contributed by atoms with van der Waals surface area (Å²) in [5.74, 6) is 1.24. The van der Waals surface area contributed by atoms with E-state index in [2.05, 4.69) is 6.58 Å². The number of ether oxygens (including phenoxy) is 5. The molecule has 0 saturated heterocycles. The summed E-state index contributed by atoms with van der Waals surface area (Å²) in [6, 6.07) is 10.8. The van der Waals surface area contributed by atoms with Crippen LogP contribution in [0.2, 0.25) is 5.02 Å². The van der Waals surface area contributed by atoms with E-state index in [-0.39, 0.29) is 30.4 Å². The third-order valence-electron chi connectivity index (χ3n) is 4.45. The van der Waals surface area contributed by atoms with Gasteiger partial charge in [-0.3, -0.25) is 0 Å². The van der Waals surface area contributed by atoms with Crippen molar-refractivity contribution in [3.05, 3.63) is 64.7 Å². The van der Waals surface area contributed by atoms with Gasteiger partial charge in [0.25, 0.3) is 0 Å². The molecule has 0 N–H and O–H groups in total. The van der Waals surface area contributed by atoms with Crippen LogP contribution in [-0.4, -0.2) is 39.5 Å². The molecule has 2 aromatic carbocycles. The lowest BCUT2D eigenvalue weighted by atomic mass is 10.1. The summed E-state index contributed by atoms with van der Waals surface area (Å²) >= 11 is 6.43. The molecule has 0 aliphatic rings. The second-order valence-electron chi connectivity index (χ2n) is 6.83. The molecule has 0 heterocycles. The van der Waals surface area contributed by atoms with Crippen LogP contribution < -0.4 is 18.9 Å². The summed E-state index contributed by atoms with van der Waals surface area (Å²) in [5.41, 5.74) is 1.43. The van der Waals surface area contributed by atoms with Gasteiger partial charge in [0.2, 0.25) is 0 Å². The fourth-order valence-electron chi connectivity index (χ4n) is 3.01. The predicted octanol–water partition coefficient (Wildman–Crippen LogP) is 5.40. The van der Waals surface area contributed by atoms with Gasteiger partial charge in [-0.05, 0) is 61.7 Å². The molecule has 0 fully saturated rings. The Bertz CT molecular complexity index is 1070. The fraction of sp³-hybridized carbons (Fsp3) is 0.308. The normalized spacial score (nSPS) is 10.7. The summed E-state index contributed by atoms with van der Waals surface area (Å²) in [7, 11) is 1.58. The Morgan fingerprint density at radius 3 is 2.47 bits per heavy atom. The third kappa shape index (κ3) is 7.46. The first-order valence-corrected chi connectivity index (χ1v) is 11.1. The molecule has 34 heavy (non-hydrogen) atoms. The monoisotopic (exact) mass is 485 g/mol. The number of nitrogens with zero attached hydrogens (tertiary/aromatic N) is 1. The van der Waals surface area contributed by atoms with E-state index in [1.807, 2.05) is 37.3 Å². The molecule has 0 spiro atoms. The van der Waals surface area contributed by atoms with E-state index in [4.69, 9.17) is 35.3 Å². The zero-order valence-corrected chi connectivity index (χ0v) is 20.3. The highest BCUT2D eigenvalue weighted by atomic mass is 35.5. The lowest BCUT2D eigenvalue weighted by Crippen LogP contribution is -2.11. The number of rotatable bonds is 13. The molecule has 180 valence electrons. The van der Waals surface area contributed by atoms with E-state index in [0.29, 0.717) is 35.2 Å². The van der Waals surface area contributed by atoms with Gasteiger partial charge < -0.3 is 23.7 Å². The largest absolute Gasteiger partial charge is 0.493 e. The highest BCUT2D eigenvalue weighted by molar-refractivity contribution is 6.32. The summed E-state index contributed by atoms with van der Waals surface area (Å²) < 4.78 is 27.6. The van der Waals surface area contributed by atoms with Crippen LogP contribution in [-0.2, 0) is 16.0 Å². The standard InChI is InChI=1S/C26H28ClNO6/c1-5-8-18-9-10-22(23(15-18)30-4)33-11-12-34-25-21(27)14-19(16-24(25)31-6-2)13-20(17-28)26(29)32-7-3/h5,9-10,13-16H,1,6-8,11-12H2,2-4H3/b20-13+. The van der Waals surface area contributed by atoms with Crippen LogP contribution in [0.5, 0.6) is 23.0 Å². The van der Waals surface area contributed by atoms with Crippen LogP contribution in [0, 0.1) is 11.3 Å². The predicted molar refractivity (Wildman–Crippen MR) is 131 cm³/mol. The average molecular weight is 486 g/mol. The number of benzene rings is 2. The van der Waals surface area contributed by atoms with Gasteiger partial charge in [-0.1, -0.05) is 23.7 Å². The SMILES string of the molecule is C=CCc1ccc(OCCOc2c(Cl)cc(/C=C(\C#N)C(=O)OCC)cc2OCC)c(OC)c1. The van der Waals surface area contributed by atoms with Gasteiger partial charge in [-0.2, -0.15) is 5.26 Å². The maximum atomic E-state index is 11.9. The van der Waals surface area contributed by atoms with Crippen LogP contribution in [0.25, 0.3) is 6.08 Å². The van der Waals surface area contributed by atoms with Crippen LogP contribution in [0.4, 0.5) is 0 Å². The number of hydrogen-bond donors (Lipinski definition) is 0. The molecule has 2 rings (SSSR count). The van der Waals surface area contributed by atoms with Crippen molar-refractivity contribution in [2.24, 2.45) is 0 Å². The fourth-order valence-corrected chi connectivity index (χ4v) is 3.28. The van der Waals surface area contributed by atoms with Crippen molar-refractivity contribution in [2.45, 2.75) is 20.3 Å². The Labute approximate surface area is 205 Å². The number of methoxy groups -OCH3 is 1. The van der Waals surface area contributed by atoms with Gasteiger partial charge in [-0.15, -0.1) is 6.58 Å². The minimum atomic E-state index is -0.704. The number of carbonyl (C=O) groups is 1. The topological polar surface area (TPSA) is 87.0 Å². The molecule has 7 nitrogen and oxygen atoms in total. The van der Waals surface area contributed by atoms with Crippen molar-refractivity contribution >= 4 is 23.6 Å². The number of carbonyl (C=O) groups excluding carboxylic acids is 1. The molecule has 2 aromatic rings. The molecule has 0 unspecified atom stereocenters. The first kappa shape index (κ1) is 26.6. The number of nitriles is 1. The highest BCUT2D eigenvalue weighted by Crippen LogP contribution is 2.37. The Morgan fingerprint density at radius 1 is 1.06 bits per heavy atom. The zero-order chi connectivity index (χ0) is 24.9. The van der Waals surface area contributed by atoms with Crippen LogP contribution in [0.1, 0.15) is 25.0 Å². The lowest BCUT2D eigenvalue weighted by molar-refractivity contribution is -0.137. The van der Waals surface area contributed by atoms with E-state index in [0.717, 1.165) is 12.0 Å². The van der Waals surface area contributed by atoms with Crippen molar-refractivity contribution in [1.29, 1.82) is 5.26 Å². The quantitative estimate of drug-likeness (QED) is 0.123. The van der Waals surface area contributed by atoms with Crippen molar-refractivity contribution < 1.29 is 28.5 Å². The maximum Gasteiger partial charge on any atom is 0.348 e. The van der Waals surface area contributed by atoms with E-state index in [1.54, 1.807) is 26.2 Å². The summed E-state index contributed by atoms with van der Waals surface area (Å²) in [6.07, 6.45) is 3.95. The molecule has 0 radical (unpaired) electrons. The van der Waals surface area contributed by atoms with Crippen LogP contribution in [0.15, 0.2) is 48.6 Å². The van der Waals surface area contributed by atoms with E-state index < -0.39 is 5.97 Å². The van der Waals surface area contributed by atoms with Crippen LogP contribution in [0.3, 0.4) is 0 Å². The van der Waals surface area contributed by atoms with Gasteiger partial charge in [0.05, 0.1) is 25.3 Å². The number of hydrogen-bond acceptors (Lipinski definition) is 7. The maximum absolute atomic E-state index is 11.9. The molecule has 0 amide bonds. The number of esters is 1. The molecule has 0 aliphatic carbocycles. The molecule has 0 aromatic heterocycles. The molecule has 0 aliphatic heterocycles. The zero-order valence-electron chi connectivity index (χ0n) is 19.6. The Morgan fingerprint density at radius 2 is 1.82 bits per heavy atom. The van der Waals surface area contributed by atoms with E-state index in [9.17, 15) is 10.1 Å². The first-order valence-electron chi connectivity index (χ1n) is 10.8. The highest BCUT2D eigenvalue weighted by Gasteiger charge is 2.15. The number of halogens is 1. The summed E-state index contributed by atoms with van der Waals surface area (Å²) in [4.78, 5) is 11.9. The van der Waals surface area contributed by atoms with Gasteiger partial charge in [0.15, 0.2) is 23.0 Å². The average Bonchev–Trinajstić information content (AvgIpc) is 2.82. The third-order valence-corrected chi connectivity index (χ3v) is 4.73. The van der Waals surface area contributed by atoms with E-state index >= 15 is 0 Å². The van der Waals surface area contributed by atoms with Crippen molar-refractivity contribution in [3.8, 4) is 29.1 Å².